The van der Waals surface area contributed by atoms with Crippen LogP contribution < -0.4 is 15.6 Å². The van der Waals surface area contributed by atoms with Gasteiger partial charge in [0.15, 0.2) is 0 Å². The summed E-state index contributed by atoms with van der Waals surface area (Å²) in [5.41, 5.74) is -0.158. The van der Waals surface area contributed by atoms with Crippen molar-refractivity contribution in [1.29, 1.82) is 0 Å². The number of nitrogens with zero attached hydrogens (tertiary/aromatic N) is 3. The average molecular weight is 414 g/mol. The van der Waals surface area contributed by atoms with Gasteiger partial charge < -0.3 is 10.1 Å². The monoisotopic (exact) mass is 414 g/mol. The first-order valence-corrected chi connectivity index (χ1v) is 9.55. The molecule has 150 valence electrons. The van der Waals surface area contributed by atoms with Gasteiger partial charge in [-0.2, -0.15) is 5.10 Å². The molecule has 1 aromatic carbocycles. The molecule has 3 aromatic rings. The first-order valence-electron chi connectivity index (χ1n) is 8.73. The quantitative estimate of drug-likeness (QED) is 0.469. The van der Waals surface area contributed by atoms with Gasteiger partial charge in [-0.15, -0.1) is 11.3 Å². The Morgan fingerprint density at radius 2 is 2.07 bits per heavy atom. The standard InChI is InChI=1S/C19H18N4O5S/c1-3-28-13-5-6-14(16(10-13)23(26)27)20-18(24)11-22-19(25)9-7-15(21-22)17-8-4-12(2)29-17/h4-10H,3,11H2,1-2H3,(H,20,24). The molecule has 0 aliphatic carbocycles. The Morgan fingerprint density at radius 1 is 1.28 bits per heavy atom. The highest BCUT2D eigenvalue weighted by atomic mass is 32.1. The molecule has 2 aromatic heterocycles. The van der Waals surface area contributed by atoms with Crippen LogP contribution in [-0.4, -0.2) is 27.2 Å². The van der Waals surface area contributed by atoms with Crippen molar-refractivity contribution in [1.82, 2.24) is 9.78 Å². The Morgan fingerprint density at radius 3 is 2.72 bits per heavy atom. The van der Waals surface area contributed by atoms with Crippen molar-refractivity contribution >= 4 is 28.6 Å². The number of nitro groups is 1. The Kier molecular flexibility index (Phi) is 6.03. The van der Waals surface area contributed by atoms with Crippen LogP contribution in [0.4, 0.5) is 11.4 Å². The van der Waals surface area contributed by atoms with Gasteiger partial charge in [-0.3, -0.25) is 19.7 Å². The van der Waals surface area contributed by atoms with E-state index >= 15 is 0 Å². The molecule has 0 radical (unpaired) electrons. The highest BCUT2D eigenvalue weighted by Gasteiger charge is 2.18. The van der Waals surface area contributed by atoms with Gasteiger partial charge in [0.1, 0.15) is 23.7 Å². The number of benzene rings is 1. The van der Waals surface area contributed by atoms with Crippen LogP contribution >= 0.6 is 11.3 Å². The predicted molar refractivity (Wildman–Crippen MR) is 109 cm³/mol. The zero-order valence-corrected chi connectivity index (χ0v) is 16.6. The van der Waals surface area contributed by atoms with Gasteiger partial charge in [0, 0.05) is 10.9 Å². The molecule has 29 heavy (non-hydrogen) atoms. The number of aromatic nitrogens is 2. The van der Waals surface area contributed by atoms with E-state index in [-0.39, 0.29) is 17.9 Å². The number of amides is 1. The van der Waals surface area contributed by atoms with E-state index in [2.05, 4.69) is 10.4 Å². The van der Waals surface area contributed by atoms with Gasteiger partial charge in [-0.25, -0.2) is 4.68 Å². The van der Waals surface area contributed by atoms with Gasteiger partial charge in [0.2, 0.25) is 5.91 Å². The fraction of sp³-hybridized carbons (Fsp3) is 0.211. The summed E-state index contributed by atoms with van der Waals surface area (Å²) in [5, 5.41) is 18.0. The lowest BCUT2D eigenvalue weighted by atomic mass is 10.2. The molecule has 2 heterocycles. The average Bonchev–Trinajstić information content (AvgIpc) is 3.11. The Bertz CT molecular complexity index is 1120. The van der Waals surface area contributed by atoms with Gasteiger partial charge >= 0.3 is 0 Å². The molecule has 0 atom stereocenters. The summed E-state index contributed by atoms with van der Waals surface area (Å²) < 4.78 is 6.28. The molecule has 0 aliphatic rings. The minimum atomic E-state index is -0.609. The van der Waals surface area contributed by atoms with Crippen LogP contribution in [-0.2, 0) is 11.3 Å². The fourth-order valence-corrected chi connectivity index (χ4v) is 3.45. The number of ether oxygens (including phenoxy) is 1. The zero-order valence-electron chi connectivity index (χ0n) is 15.7. The number of hydrogen-bond donors (Lipinski definition) is 1. The second kappa shape index (κ2) is 8.65. The second-order valence-electron chi connectivity index (χ2n) is 6.04. The molecule has 0 fully saturated rings. The minimum absolute atomic E-state index is 0.0153. The van der Waals surface area contributed by atoms with E-state index in [0.29, 0.717) is 18.1 Å². The lowest BCUT2D eigenvalue weighted by Crippen LogP contribution is -2.29. The molecule has 0 saturated heterocycles. The van der Waals surface area contributed by atoms with E-state index in [1.54, 1.807) is 13.0 Å². The third-order valence-electron chi connectivity index (χ3n) is 3.90. The zero-order chi connectivity index (χ0) is 21.0. The van der Waals surface area contributed by atoms with Crippen molar-refractivity contribution in [3.8, 4) is 16.3 Å². The molecule has 0 saturated carbocycles. The number of nitrogens with one attached hydrogen (secondary N) is 1. The normalized spacial score (nSPS) is 10.6. The van der Waals surface area contributed by atoms with Crippen LogP contribution in [0.3, 0.4) is 0 Å². The summed E-state index contributed by atoms with van der Waals surface area (Å²) in [6.07, 6.45) is 0. The molecule has 0 spiro atoms. The van der Waals surface area contributed by atoms with Crippen LogP contribution in [0.15, 0.2) is 47.3 Å². The van der Waals surface area contributed by atoms with E-state index < -0.39 is 16.4 Å². The molecule has 0 aliphatic heterocycles. The Hall–Kier alpha value is -3.53. The predicted octanol–water partition coefficient (Wildman–Crippen LogP) is 3.23. The summed E-state index contributed by atoms with van der Waals surface area (Å²) in [6, 6.07) is 10.9. The molecule has 0 unspecified atom stereocenters. The van der Waals surface area contributed by atoms with Crippen LogP contribution in [0, 0.1) is 17.0 Å². The fourth-order valence-electron chi connectivity index (χ4n) is 2.62. The summed E-state index contributed by atoms with van der Waals surface area (Å²) in [5.74, 6) is -0.277. The third-order valence-corrected chi connectivity index (χ3v) is 4.93. The number of nitro benzene ring substituents is 1. The van der Waals surface area contributed by atoms with Crippen molar-refractivity contribution in [2.24, 2.45) is 0 Å². The molecule has 1 amide bonds. The van der Waals surface area contributed by atoms with E-state index in [0.717, 1.165) is 14.4 Å². The van der Waals surface area contributed by atoms with Crippen LogP contribution in [0.25, 0.3) is 10.6 Å². The van der Waals surface area contributed by atoms with Crippen LogP contribution in [0.1, 0.15) is 11.8 Å². The number of carbonyl (C=O) groups excluding carboxylic acids is 1. The van der Waals surface area contributed by atoms with Crippen molar-refractivity contribution in [3.05, 3.63) is 67.8 Å². The van der Waals surface area contributed by atoms with Gasteiger partial charge in [-0.1, -0.05) is 0 Å². The lowest BCUT2D eigenvalue weighted by Gasteiger charge is -2.09. The maximum absolute atomic E-state index is 12.4. The SMILES string of the molecule is CCOc1ccc(NC(=O)Cn2nc(-c3ccc(C)s3)ccc2=O)c([N+](=O)[O-])c1. The maximum atomic E-state index is 12.4. The molecule has 9 nitrogen and oxygen atoms in total. The Labute approximate surface area is 169 Å². The number of thiophene rings is 1. The summed E-state index contributed by atoms with van der Waals surface area (Å²) >= 11 is 1.52. The molecular weight excluding hydrogens is 396 g/mol. The number of anilines is 1. The number of hydrogen-bond acceptors (Lipinski definition) is 7. The highest BCUT2D eigenvalue weighted by Crippen LogP contribution is 2.29. The van der Waals surface area contributed by atoms with E-state index in [1.165, 1.54) is 35.6 Å². The molecular formula is C19H18N4O5S. The number of aryl methyl sites for hydroxylation is 1. The molecule has 1 N–H and O–H groups in total. The maximum Gasteiger partial charge on any atom is 0.296 e. The lowest BCUT2D eigenvalue weighted by molar-refractivity contribution is -0.384. The molecule has 10 heteroatoms. The number of carbonyl (C=O) groups is 1. The van der Waals surface area contributed by atoms with Crippen LogP contribution in [0.5, 0.6) is 5.75 Å². The third kappa shape index (κ3) is 4.85. The van der Waals surface area contributed by atoms with E-state index in [9.17, 15) is 19.7 Å². The van der Waals surface area contributed by atoms with Crippen molar-refractivity contribution < 1.29 is 14.5 Å². The summed E-state index contributed by atoms with van der Waals surface area (Å²) in [4.78, 5) is 37.2. The van der Waals surface area contributed by atoms with Gasteiger partial charge in [-0.05, 0) is 44.2 Å². The first-order chi connectivity index (χ1) is 13.9. The largest absolute Gasteiger partial charge is 0.494 e. The van der Waals surface area contributed by atoms with Gasteiger partial charge in [0.05, 0.1) is 22.5 Å². The van der Waals surface area contributed by atoms with Crippen LogP contribution in [0.2, 0.25) is 0 Å². The first kappa shape index (κ1) is 20.2. The highest BCUT2D eigenvalue weighted by molar-refractivity contribution is 7.15. The van der Waals surface area contributed by atoms with Crippen molar-refractivity contribution in [3.63, 3.8) is 0 Å². The van der Waals surface area contributed by atoms with E-state index in [1.807, 2.05) is 19.1 Å². The minimum Gasteiger partial charge on any atom is -0.494 e. The Balaban J connectivity index is 1.81. The van der Waals surface area contributed by atoms with Gasteiger partial charge in [0.25, 0.3) is 11.2 Å². The summed E-state index contributed by atoms with van der Waals surface area (Å²) in [6.45, 7) is 3.71. The second-order valence-corrected chi connectivity index (χ2v) is 7.33. The molecule has 3 rings (SSSR count). The van der Waals surface area contributed by atoms with Crippen molar-refractivity contribution in [2.45, 2.75) is 20.4 Å². The smallest absolute Gasteiger partial charge is 0.296 e. The molecule has 0 bridgehead atoms. The van der Waals surface area contributed by atoms with E-state index in [4.69, 9.17) is 4.74 Å². The topological polar surface area (TPSA) is 116 Å². The van der Waals surface area contributed by atoms with Crippen molar-refractivity contribution in [2.75, 3.05) is 11.9 Å². The summed E-state index contributed by atoms with van der Waals surface area (Å²) in [7, 11) is 0. The number of rotatable bonds is 7.